The fourth-order valence-electron chi connectivity index (χ4n) is 4.23. The summed E-state index contributed by atoms with van der Waals surface area (Å²) in [7, 11) is 2.00. The maximum Gasteiger partial charge on any atom is 0.253 e. The van der Waals surface area contributed by atoms with Crippen molar-refractivity contribution in [2.75, 3.05) is 24.1 Å². The third-order valence-electron chi connectivity index (χ3n) is 6.09. The zero-order valence-corrected chi connectivity index (χ0v) is 19.1. The van der Waals surface area contributed by atoms with Crippen molar-refractivity contribution >= 4 is 48.0 Å². The third kappa shape index (κ3) is 4.26. The summed E-state index contributed by atoms with van der Waals surface area (Å²) >= 11 is 6.45. The number of fused-ring (bicyclic) bond motifs is 1. The lowest BCUT2D eigenvalue weighted by Crippen LogP contribution is -2.42. The average Bonchev–Trinajstić information content (AvgIpc) is 3.21. The predicted molar refractivity (Wildman–Crippen MR) is 135 cm³/mol. The molecule has 3 heterocycles. The first-order chi connectivity index (χ1) is 16.0. The molecule has 0 saturated carbocycles. The number of nitrogens with one attached hydrogen (secondary N) is 1. The van der Waals surface area contributed by atoms with Gasteiger partial charge < -0.3 is 16.0 Å². The van der Waals surface area contributed by atoms with Gasteiger partial charge in [-0.15, -0.1) is 0 Å². The second kappa shape index (κ2) is 8.79. The van der Waals surface area contributed by atoms with E-state index in [0.29, 0.717) is 29.4 Å². The number of aromatic nitrogens is 3. The van der Waals surface area contributed by atoms with Crippen LogP contribution in [0, 0.1) is 0 Å². The van der Waals surface area contributed by atoms with Crippen molar-refractivity contribution in [2.45, 2.75) is 18.9 Å². The van der Waals surface area contributed by atoms with Gasteiger partial charge in [-0.1, -0.05) is 29.8 Å². The maximum atomic E-state index is 12.8. The van der Waals surface area contributed by atoms with Crippen LogP contribution >= 0.6 is 11.6 Å². The Hall–Kier alpha value is -3.52. The topological polar surface area (TPSA) is 88.5 Å². The Labute approximate surface area is 198 Å². The molecule has 0 unspecified atom stereocenters. The summed E-state index contributed by atoms with van der Waals surface area (Å²) in [6.07, 6.45) is 3.50. The van der Waals surface area contributed by atoms with E-state index in [1.807, 2.05) is 53.8 Å². The number of carbonyl (C=O) groups is 1. The smallest absolute Gasteiger partial charge is 0.253 e. The molecule has 0 bridgehead atoms. The minimum Gasteiger partial charge on any atom is -0.399 e. The van der Waals surface area contributed by atoms with E-state index in [9.17, 15) is 4.79 Å². The Bertz CT molecular complexity index is 1310. The van der Waals surface area contributed by atoms with Crippen molar-refractivity contribution in [1.29, 1.82) is 0 Å². The van der Waals surface area contributed by atoms with E-state index in [4.69, 9.17) is 22.3 Å². The Morgan fingerprint density at radius 3 is 2.58 bits per heavy atom. The molecule has 7 nitrogen and oxygen atoms in total. The third-order valence-corrected chi connectivity index (χ3v) is 6.42. The second-order valence-electron chi connectivity index (χ2n) is 8.40. The molecule has 1 fully saturated rings. The quantitative estimate of drug-likeness (QED) is 0.362. The number of carbonyl (C=O) groups excluding carboxylic acids is 1. The van der Waals surface area contributed by atoms with Crippen molar-refractivity contribution in [3.05, 3.63) is 71.4 Å². The Kier molecular flexibility index (Phi) is 5.68. The Balaban J connectivity index is 1.35. The number of hydrogen-bond donors (Lipinski definition) is 2. The van der Waals surface area contributed by atoms with E-state index < -0.39 is 0 Å². The first-order valence-electron chi connectivity index (χ1n) is 11.0. The second-order valence-corrected chi connectivity index (χ2v) is 8.81. The van der Waals surface area contributed by atoms with Crippen molar-refractivity contribution in [1.82, 2.24) is 19.5 Å². The van der Waals surface area contributed by atoms with Crippen LogP contribution in [-0.2, 0) is 0 Å². The number of nitrogens with two attached hydrogens (primary N) is 1. The van der Waals surface area contributed by atoms with E-state index in [0.717, 1.165) is 41.0 Å². The number of hydrogen-bond acceptors (Lipinski definition) is 5. The van der Waals surface area contributed by atoms with E-state index in [-0.39, 0.29) is 11.9 Å². The zero-order valence-electron chi connectivity index (χ0n) is 18.3. The molecule has 33 heavy (non-hydrogen) atoms. The average molecular weight is 459 g/mol. The summed E-state index contributed by atoms with van der Waals surface area (Å²) in [6, 6.07) is 17.0. The molecule has 1 aliphatic heterocycles. The van der Waals surface area contributed by atoms with Crippen LogP contribution in [0.15, 0.2) is 60.8 Å². The minimum absolute atomic E-state index is 0.0449. The fraction of sp³-hybridized carbons (Fsp3) is 0.208. The summed E-state index contributed by atoms with van der Waals surface area (Å²) in [5, 5.41) is 8.81. The van der Waals surface area contributed by atoms with Crippen LogP contribution in [0.4, 0.5) is 11.5 Å². The molecular formula is C24H24BClN6O. The van der Waals surface area contributed by atoms with Crippen LogP contribution in [0.1, 0.15) is 23.2 Å². The molecule has 5 rings (SSSR count). The predicted octanol–water partition coefficient (Wildman–Crippen LogP) is 2.61. The van der Waals surface area contributed by atoms with Gasteiger partial charge in [0.25, 0.3) is 5.91 Å². The molecular weight excluding hydrogens is 435 g/mol. The van der Waals surface area contributed by atoms with Crippen molar-refractivity contribution < 1.29 is 4.79 Å². The lowest BCUT2D eigenvalue weighted by atomic mass is 10.0. The van der Waals surface area contributed by atoms with Crippen molar-refractivity contribution in [3.8, 4) is 11.3 Å². The summed E-state index contributed by atoms with van der Waals surface area (Å²) < 4.78 is 1.83. The number of nitrogens with zero attached hydrogens (tertiary/aromatic N) is 4. The van der Waals surface area contributed by atoms with E-state index in [1.165, 1.54) is 0 Å². The summed E-state index contributed by atoms with van der Waals surface area (Å²) in [5.41, 5.74) is 10.5. The van der Waals surface area contributed by atoms with Gasteiger partial charge in [0.05, 0.1) is 5.69 Å². The number of benzene rings is 2. The van der Waals surface area contributed by atoms with Crippen molar-refractivity contribution in [3.63, 3.8) is 0 Å². The molecule has 3 N–H and O–H groups in total. The summed E-state index contributed by atoms with van der Waals surface area (Å²) in [5.74, 6) is 0.912. The van der Waals surface area contributed by atoms with Crippen LogP contribution in [0.5, 0.6) is 0 Å². The number of amides is 1. The first kappa shape index (κ1) is 21.3. The van der Waals surface area contributed by atoms with Crippen LogP contribution < -0.4 is 16.5 Å². The molecule has 2 aromatic heterocycles. The van der Waals surface area contributed by atoms with Crippen LogP contribution in [-0.4, -0.2) is 52.4 Å². The van der Waals surface area contributed by atoms with Gasteiger partial charge in [-0.05, 0) is 48.6 Å². The molecule has 0 aliphatic carbocycles. The van der Waals surface area contributed by atoms with Gasteiger partial charge in [0.2, 0.25) is 0 Å². The molecule has 9 heteroatoms. The highest BCUT2D eigenvalue weighted by Gasteiger charge is 2.24. The molecule has 166 valence electrons. The largest absolute Gasteiger partial charge is 0.399 e. The van der Waals surface area contributed by atoms with Crippen LogP contribution in [0.2, 0.25) is 5.02 Å². The fourth-order valence-corrected chi connectivity index (χ4v) is 4.46. The monoisotopic (exact) mass is 458 g/mol. The van der Waals surface area contributed by atoms with Crippen LogP contribution in [0.3, 0.4) is 0 Å². The standard InChI is InChI=1S/C24H24BClN6O/c25-19-14-28-32-22(13-21(30-23(19)32)18-3-1-2-4-20(18)26)29-17-9-11-31(12-10-17)24(33)15-5-7-16(27)8-6-15/h1-8,13-14,17,29H,9-12,25,27H2. The zero-order chi connectivity index (χ0) is 22.9. The number of nitrogen functional groups attached to an aromatic ring is 1. The van der Waals surface area contributed by atoms with E-state index in [1.54, 1.807) is 24.3 Å². The molecule has 1 amide bonds. The molecule has 0 atom stereocenters. The van der Waals surface area contributed by atoms with Gasteiger partial charge in [0.1, 0.15) is 13.7 Å². The van der Waals surface area contributed by atoms with E-state index in [2.05, 4.69) is 10.4 Å². The molecule has 0 spiro atoms. The molecule has 2 aromatic carbocycles. The van der Waals surface area contributed by atoms with Gasteiger partial charge in [-0.3, -0.25) is 4.79 Å². The number of halogens is 1. The number of piperidine rings is 1. The van der Waals surface area contributed by atoms with Gasteiger partial charge >= 0.3 is 0 Å². The first-order valence-corrected chi connectivity index (χ1v) is 11.4. The Morgan fingerprint density at radius 2 is 1.85 bits per heavy atom. The van der Waals surface area contributed by atoms with Gasteiger partial charge in [0.15, 0.2) is 5.65 Å². The highest BCUT2D eigenvalue weighted by Crippen LogP contribution is 2.29. The molecule has 0 radical (unpaired) electrons. The van der Waals surface area contributed by atoms with Gasteiger partial charge in [0, 0.05) is 53.2 Å². The normalized spacial score (nSPS) is 14.5. The summed E-state index contributed by atoms with van der Waals surface area (Å²) in [6.45, 7) is 1.37. The molecule has 4 aromatic rings. The van der Waals surface area contributed by atoms with Gasteiger partial charge in [-0.2, -0.15) is 9.61 Å². The highest BCUT2D eigenvalue weighted by molar-refractivity contribution is 6.36. The lowest BCUT2D eigenvalue weighted by molar-refractivity contribution is 0.0718. The molecule has 1 saturated heterocycles. The molecule has 1 aliphatic rings. The van der Waals surface area contributed by atoms with Crippen molar-refractivity contribution in [2.24, 2.45) is 0 Å². The lowest BCUT2D eigenvalue weighted by Gasteiger charge is -2.33. The highest BCUT2D eigenvalue weighted by atomic mass is 35.5. The minimum atomic E-state index is 0.0449. The maximum absolute atomic E-state index is 12.8. The number of rotatable bonds is 4. The van der Waals surface area contributed by atoms with E-state index >= 15 is 0 Å². The SMILES string of the molecule is Bc1cnn2c(NC3CCN(C(=O)c4ccc(N)cc4)CC3)cc(-c3ccccc3Cl)nc12. The van der Waals surface area contributed by atoms with Gasteiger partial charge in [-0.25, -0.2) is 4.98 Å². The Morgan fingerprint density at radius 1 is 1.12 bits per heavy atom. The number of likely N-dealkylation sites (tertiary alicyclic amines) is 1. The van der Waals surface area contributed by atoms with Crippen LogP contribution in [0.25, 0.3) is 16.9 Å². The number of anilines is 2. The summed E-state index contributed by atoms with van der Waals surface area (Å²) in [4.78, 5) is 19.5.